The van der Waals surface area contributed by atoms with Crippen molar-refractivity contribution in [3.05, 3.63) is 11.2 Å². The van der Waals surface area contributed by atoms with Gasteiger partial charge < -0.3 is 20.7 Å². The Morgan fingerprint density at radius 1 is 1.71 bits per heavy atom. The van der Waals surface area contributed by atoms with E-state index >= 15 is 0 Å². The molecule has 2 rings (SSSR count). The van der Waals surface area contributed by atoms with Crippen LogP contribution < -0.4 is 11.1 Å². The zero-order chi connectivity index (χ0) is 12.3. The molecule has 0 radical (unpaired) electrons. The Balaban J connectivity index is 1.90. The average Bonchev–Trinajstić information content (AvgIpc) is 2.30. The van der Waals surface area contributed by atoms with Gasteiger partial charge in [-0.2, -0.15) is 4.98 Å². The Labute approximate surface area is 105 Å². The van der Waals surface area contributed by atoms with E-state index in [1.807, 2.05) is 0 Å². The molecule has 6 nitrogen and oxygen atoms in total. The highest BCUT2D eigenvalue weighted by atomic mass is 35.5. The second-order valence-corrected chi connectivity index (χ2v) is 4.47. The van der Waals surface area contributed by atoms with E-state index in [1.54, 1.807) is 0 Å². The first kappa shape index (κ1) is 12.3. The predicted molar refractivity (Wildman–Crippen MR) is 67.2 cm³/mol. The molecule has 1 aromatic heterocycles. The van der Waals surface area contributed by atoms with Crippen molar-refractivity contribution in [3.8, 4) is 0 Å². The maximum atomic E-state index is 5.95. The number of aromatic nitrogens is 2. The highest BCUT2D eigenvalue weighted by Gasteiger charge is 2.17. The number of hydrogen-bond acceptors (Lipinski definition) is 6. The molecule has 0 spiro atoms. The fraction of sp³-hybridized carbons (Fsp3) is 0.600. The van der Waals surface area contributed by atoms with Gasteiger partial charge in [0.1, 0.15) is 5.02 Å². The number of rotatable bonds is 3. The summed E-state index contributed by atoms with van der Waals surface area (Å²) in [5, 5.41) is 3.59. The molecular weight excluding hydrogens is 242 g/mol. The Kier molecular flexibility index (Phi) is 3.98. The van der Waals surface area contributed by atoms with Crippen molar-refractivity contribution in [1.82, 2.24) is 14.9 Å². The Morgan fingerprint density at radius 2 is 2.53 bits per heavy atom. The van der Waals surface area contributed by atoms with Crippen LogP contribution >= 0.6 is 11.6 Å². The Morgan fingerprint density at radius 3 is 3.29 bits per heavy atom. The molecule has 7 heteroatoms. The average molecular weight is 258 g/mol. The lowest BCUT2D eigenvalue weighted by atomic mass is 10.3. The minimum Gasteiger partial charge on any atom is -0.374 e. The van der Waals surface area contributed by atoms with Crippen LogP contribution in [0.5, 0.6) is 0 Å². The molecule has 17 heavy (non-hydrogen) atoms. The molecule has 2 heterocycles. The van der Waals surface area contributed by atoms with Gasteiger partial charge in [-0.1, -0.05) is 11.6 Å². The second-order valence-electron chi connectivity index (χ2n) is 4.06. The molecule has 0 aliphatic carbocycles. The minimum atomic E-state index is 0.140. The van der Waals surface area contributed by atoms with Gasteiger partial charge in [0.15, 0.2) is 5.82 Å². The first-order valence-corrected chi connectivity index (χ1v) is 5.85. The van der Waals surface area contributed by atoms with Crippen LogP contribution in [0.3, 0.4) is 0 Å². The highest BCUT2D eigenvalue weighted by Crippen LogP contribution is 2.18. The molecule has 0 saturated carbocycles. The van der Waals surface area contributed by atoms with Gasteiger partial charge in [0.05, 0.1) is 18.9 Å². The molecule has 94 valence electrons. The fourth-order valence-electron chi connectivity index (χ4n) is 1.71. The van der Waals surface area contributed by atoms with Crippen LogP contribution in [0, 0.1) is 0 Å². The van der Waals surface area contributed by atoms with E-state index in [0.717, 1.165) is 19.7 Å². The summed E-state index contributed by atoms with van der Waals surface area (Å²) in [5.41, 5.74) is 5.50. The summed E-state index contributed by atoms with van der Waals surface area (Å²) in [6.45, 7) is 3.27. The summed E-state index contributed by atoms with van der Waals surface area (Å²) in [6, 6.07) is 0. The van der Waals surface area contributed by atoms with Gasteiger partial charge in [-0.3, -0.25) is 0 Å². The second kappa shape index (κ2) is 5.48. The number of morpholine rings is 1. The lowest BCUT2D eigenvalue weighted by molar-refractivity contribution is -0.0117. The third kappa shape index (κ3) is 3.42. The monoisotopic (exact) mass is 257 g/mol. The van der Waals surface area contributed by atoms with Gasteiger partial charge >= 0.3 is 0 Å². The van der Waals surface area contributed by atoms with Crippen LogP contribution in [-0.2, 0) is 4.74 Å². The Hall–Kier alpha value is -1.11. The standard InChI is InChI=1S/C10H16ClN5O/c1-16-2-3-17-7(6-16)4-13-9-8(11)5-14-10(12)15-9/h5,7H,2-4,6H2,1H3,(H3,12,13,14,15). The normalized spacial score (nSPS) is 21.4. The number of likely N-dealkylation sites (N-methyl/N-ethyl adjacent to an activating group) is 1. The lowest BCUT2D eigenvalue weighted by Gasteiger charge is -2.30. The topological polar surface area (TPSA) is 76.3 Å². The van der Waals surface area contributed by atoms with Gasteiger partial charge in [-0.05, 0) is 7.05 Å². The first-order valence-electron chi connectivity index (χ1n) is 5.47. The number of anilines is 2. The van der Waals surface area contributed by atoms with Gasteiger partial charge in [-0.25, -0.2) is 4.98 Å². The molecule has 1 saturated heterocycles. The SMILES string of the molecule is CN1CCOC(CNc2nc(N)ncc2Cl)C1. The number of nitrogens with zero attached hydrogens (tertiary/aromatic N) is 3. The van der Waals surface area contributed by atoms with E-state index < -0.39 is 0 Å². The van der Waals surface area contributed by atoms with Gasteiger partial charge in [0, 0.05) is 19.6 Å². The fourth-order valence-corrected chi connectivity index (χ4v) is 1.86. The molecule has 0 aromatic carbocycles. The van der Waals surface area contributed by atoms with Gasteiger partial charge in [0.2, 0.25) is 5.95 Å². The number of hydrogen-bond donors (Lipinski definition) is 2. The molecule has 1 aromatic rings. The van der Waals surface area contributed by atoms with Crippen molar-refractivity contribution in [2.75, 3.05) is 44.3 Å². The van der Waals surface area contributed by atoms with Crippen molar-refractivity contribution in [3.63, 3.8) is 0 Å². The van der Waals surface area contributed by atoms with Crippen LogP contribution in [0.2, 0.25) is 5.02 Å². The zero-order valence-corrected chi connectivity index (χ0v) is 10.4. The lowest BCUT2D eigenvalue weighted by Crippen LogP contribution is -2.43. The maximum absolute atomic E-state index is 5.95. The molecule has 1 unspecified atom stereocenters. The van der Waals surface area contributed by atoms with Crippen LogP contribution in [-0.4, -0.2) is 54.3 Å². The van der Waals surface area contributed by atoms with E-state index in [1.165, 1.54) is 6.20 Å². The van der Waals surface area contributed by atoms with Crippen LogP contribution in [0.4, 0.5) is 11.8 Å². The summed E-state index contributed by atoms with van der Waals surface area (Å²) < 4.78 is 5.62. The van der Waals surface area contributed by atoms with Gasteiger partial charge in [0.25, 0.3) is 0 Å². The minimum absolute atomic E-state index is 0.140. The third-order valence-corrected chi connectivity index (χ3v) is 2.88. The van der Waals surface area contributed by atoms with E-state index in [4.69, 9.17) is 22.1 Å². The number of nitrogens with one attached hydrogen (secondary N) is 1. The zero-order valence-electron chi connectivity index (χ0n) is 9.69. The molecular formula is C10H16ClN5O. The van der Waals surface area contributed by atoms with Crippen molar-refractivity contribution in [2.45, 2.75) is 6.10 Å². The molecule has 0 amide bonds. The third-order valence-electron chi connectivity index (χ3n) is 2.60. The van der Waals surface area contributed by atoms with Crippen LogP contribution in [0.25, 0.3) is 0 Å². The largest absolute Gasteiger partial charge is 0.374 e. The quantitative estimate of drug-likeness (QED) is 0.819. The van der Waals surface area contributed by atoms with E-state index in [-0.39, 0.29) is 12.1 Å². The molecule has 1 fully saturated rings. The maximum Gasteiger partial charge on any atom is 0.222 e. The summed E-state index contributed by atoms with van der Waals surface area (Å²) in [5.74, 6) is 0.759. The van der Waals surface area contributed by atoms with Gasteiger partial charge in [-0.15, -0.1) is 0 Å². The molecule has 0 bridgehead atoms. The summed E-state index contributed by atoms with van der Waals surface area (Å²) >= 11 is 5.95. The summed E-state index contributed by atoms with van der Waals surface area (Å²) in [6.07, 6.45) is 1.63. The Bertz CT molecular complexity index is 389. The number of ether oxygens (including phenoxy) is 1. The molecule has 1 atom stereocenters. The van der Waals surface area contributed by atoms with Crippen LogP contribution in [0.1, 0.15) is 0 Å². The number of nitrogens with two attached hydrogens (primary N) is 1. The van der Waals surface area contributed by atoms with E-state index in [0.29, 0.717) is 17.4 Å². The molecule has 1 aliphatic rings. The van der Waals surface area contributed by atoms with Crippen molar-refractivity contribution in [2.24, 2.45) is 0 Å². The number of halogens is 1. The van der Waals surface area contributed by atoms with E-state index in [2.05, 4.69) is 27.2 Å². The number of nitrogen functional groups attached to an aromatic ring is 1. The summed E-state index contributed by atoms with van der Waals surface area (Å²) in [4.78, 5) is 10.1. The summed E-state index contributed by atoms with van der Waals surface area (Å²) in [7, 11) is 2.07. The van der Waals surface area contributed by atoms with Crippen molar-refractivity contribution >= 4 is 23.4 Å². The van der Waals surface area contributed by atoms with Crippen molar-refractivity contribution < 1.29 is 4.74 Å². The molecule has 3 N–H and O–H groups in total. The van der Waals surface area contributed by atoms with E-state index in [9.17, 15) is 0 Å². The smallest absolute Gasteiger partial charge is 0.222 e. The first-order chi connectivity index (χ1) is 8.15. The van der Waals surface area contributed by atoms with Crippen molar-refractivity contribution in [1.29, 1.82) is 0 Å². The van der Waals surface area contributed by atoms with Crippen LogP contribution in [0.15, 0.2) is 6.20 Å². The highest BCUT2D eigenvalue weighted by molar-refractivity contribution is 6.32. The predicted octanol–water partition coefficient (Wildman–Crippen LogP) is 0.455. The molecule has 1 aliphatic heterocycles.